The van der Waals surface area contributed by atoms with E-state index in [9.17, 15) is 14.7 Å². The first-order chi connectivity index (χ1) is 16.8. The van der Waals surface area contributed by atoms with Crippen molar-refractivity contribution in [3.8, 4) is 11.3 Å². The zero-order chi connectivity index (χ0) is 24.9. The molecule has 9 nitrogen and oxygen atoms in total. The second-order valence-electron chi connectivity index (χ2n) is 8.50. The van der Waals surface area contributed by atoms with Crippen molar-refractivity contribution in [3.63, 3.8) is 0 Å². The first-order valence-corrected chi connectivity index (χ1v) is 11.0. The summed E-state index contributed by atoms with van der Waals surface area (Å²) in [6.45, 7) is 0.587. The molecule has 5 rings (SSSR count). The van der Waals surface area contributed by atoms with Crippen LogP contribution in [0.3, 0.4) is 0 Å². The highest BCUT2D eigenvalue weighted by atomic mass is 19.1. The van der Waals surface area contributed by atoms with Crippen LogP contribution in [0.2, 0.25) is 0 Å². The molecule has 182 valence electrons. The number of imidazole rings is 1. The summed E-state index contributed by atoms with van der Waals surface area (Å²) in [6, 6.07) is 5.69. The molecule has 0 aliphatic carbocycles. The van der Waals surface area contributed by atoms with Gasteiger partial charge < -0.3 is 29.0 Å². The van der Waals surface area contributed by atoms with Gasteiger partial charge in [-0.1, -0.05) is 0 Å². The van der Waals surface area contributed by atoms with Crippen LogP contribution in [0, 0.1) is 11.6 Å². The van der Waals surface area contributed by atoms with E-state index in [1.165, 1.54) is 11.9 Å². The number of carbonyl (C=O) groups excluding carboxylic acids is 1. The van der Waals surface area contributed by atoms with E-state index < -0.39 is 29.7 Å². The fraction of sp³-hybridized carbons (Fsp3) is 0.292. The fourth-order valence-corrected chi connectivity index (χ4v) is 4.54. The lowest BCUT2D eigenvalue weighted by molar-refractivity contribution is -0.0214. The van der Waals surface area contributed by atoms with Gasteiger partial charge in [0.1, 0.15) is 17.3 Å². The molecule has 0 bridgehead atoms. The summed E-state index contributed by atoms with van der Waals surface area (Å²) >= 11 is 0. The Hall–Kier alpha value is -3.99. The van der Waals surface area contributed by atoms with Gasteiger partial charge in [-0.2, -0.15) is 0 Å². The number of aromatic nitrogens is 3. The second-order valence-corrected chi connectivity index (χ2v) is 8.50. The smallest absolute Gasteiger partial charge is 0.407 e. The number of benzene rings is 1. The molecule has 0 saturated carbocycles. The van der Waals surface area contributed by atoms with Crippen molar-refractivity contribution in [2.45, 2.75) is 12.5 Å². The number of amides is 2. The van der Waals surface area contributed by atoms with Gasteiger partial charge in [-0.25, -0.2) is 18.6 Å². The first kappa shape index (κ1) is 22.8. The lowest BCUT2D eigenvalue weighted by Crippen LogP contribution is -2.45. The second kappa shape index (κ2) is 8.66. The number of ether oxygens (including phenoxy) is 1. The number of nitrogens with one attached hydrogen (secondary N) is 1. The minimum absolute atomic E-state index is 0.0785. The number of carbonyl (C=O) groups is 2. The van der Waals surface area contributed by atoms with E-state index in [2.05, 4.69) is 10.3 Å². The highest BCUT2D eigenvalue weighted by molar-refractivity contribution is 5.94. The van der Waals surface area contributed by atoms with E-state index in [1.807, 2.05) is 36.1 Å². The van der Waals surface area contributed by atoms with E-state index in [-0.39, 0.29) is 42.9 Å². The van der Waals surface area contributed by atoms with Crippen LogP contribution in [0.15, 0.2) is 36.7 Å². The fourth-order valence-electron chi connectivity index (χ4n) is 4.54. The average Bonchev–Trinajstić information content (AvgIpc) is 3.36. The van der Waals surface area contributed by atoms with Crippen molar-refractivity contribution in [2.24, 2.45) is 7.05 Å². The molecule has 0 radical (unpaired) electrons. The van der Waals surface area contributed by atoms with E-state index >= 15 is 8.78 Å². The normalized spacial score (nSPS) is 16.2. The van der Waals surface area contributed by atoms with E-state index in [4.69, 9.17) is 4.74 Å². The van der Waals surface area contributed by atoms with Crippen LogP contribution in [0.5, 0.6) is 0 Å². The van der Waals surface area contributed by atoms with Crippen LogP contribution in [-0.2, 0) is 18.2 Å². The zero-order valence-corrected chi connectivity index (χ0v) is 19.1. The van der Waals surface area contributed by atoms with Crippen LogP contribution in [0.1, 0.15) is 16.1 Å². The summed E-state index contributed by atoms with van der Waals surface area (Å²) in [6.07, 6.45) is 2.33. The molecule has 1 unspecified atom stereocenters. The molecule has 1 aromatic carbocycles. The number of morpholine rings is 1. The van der Waals surface area contributed by atoms with E-state index in [0.29, 0.717) is 11.3 Å². The quantitative estimate of drug-likeness (QED) is 0.465. The van der Waals surface area contributed by atoms with E-state index in [0.717, 1.165) is 23.0 Å². The number of carboxylic acid groups (broad SMARTS) is 1. The maximum Gasteiger partial charge on any atom is 0.407 e. The Kier molecular flexibility index (Phi) is 5.64. The SMILES string of the molecule is CNC(=O)c1cc(F)c(-c2nc3cc4ccn(C)c4cn3c2CC2CN(C(=O)O)CCO2)c(F)c1. The summed E-state index contributed by atoms with van der Waals surface area (Å²) in [5, 5.41) is 12.7. The molecular formula is C24H23F2N5O4. The highest BCUT2D eigenvalue weighted by Crippen LogP contribution is 2.33. The number of rotatable bonds is 4. The van der Waals surface area contributed by atoms with E-state index in [1.54, 1.807) is 4.40 Å². The molecule has 4 aromatic rings. The van der Waals surface area contributed by atoms with Crippen molar-refractivity contribution in [2.75, 3.05) is 26.7 Å². The van der Waals surface area contributed by atoms with Crippen molar-refractivity contribution in [1.82, 2.24) is 24.2 Å². The molecule has 11 heteroatoms. The number of nitrogens with zero attached hydrogens (tertiary/aromatic N) is 4. The minimum atomic E-state index is -1.05. The molecule has 1 aliphatic heterocycles. The number of fused-ring (bicyclic) bond motifs is 2. The monoisotopic (exact) mass is 483 g/mol. The summed E-state index contributed by atoms with van der Waals surface area (Å²) in [4.78, 5) is 29.2. The topological polar surface area (TPSA) is 101 Å². The molecule has 4 heterocycles. The summed E-state index contributed by atoms with van der Waals surface area (Å²) in [5.74, 6) is -2.45. The highest BCUT2D eigenvalue weighted by Gasteiger charge is 2.29. The van der Waals surface area contributed by atoms with Gasteiger partial charge in [-0.3, -0.25) is 4.79 Å². The lowest BCUT2D eigenvalue weighted by Gasteiger charge is -2.31. The first-order valence-electron chi connectivity index (χ1n) is 11.0. The summed E-state index contributed by atoms with van der Waals surface area (Å²) in [7, 11) is 3.26. The maximum absolute atomic E-state index is 15.2. The molecule has 3 aromatic heterocycles. The predicted octanol–water partition coefficient (Wildman–Crippen LogP) is 3.05. The van der Waals surface area contributed by atoms with Gasteiger partial charge >= 0.3 is 6.09 Å². The average molecular weight is 483 g/mol. The summed E-state index contributed by atoms with van der Waals surface area (Å²) in [5.41, 5.74) is 1.42. The number of pyridine rings is 1. The number of aryl methyl sites for hydroxylation is 1. The van der Waals surface area contributed by atoms with Crippen molar-refractivity contribution in [3.05, 3.63) is 59.6 Å². The van der Waals surface area contributed by atoms with Crippen LogP contribution in [-0.4, -0.2) is 68.8 Å². The van der Waals surface area contributed by atoms with Crippen LogP contribution in [0.4, 0.5) is 13.6 Å². The zero-order valence-electron chi connectivity index (χ0n) is 19.1. The lowest BCUT2D eigenvalue weighted by atomic mass is 10.0. The van der Waals surface area contributed by atoms with Gasteiger partial charge in [0.2, 0.25) is 0 Å². The molecule has 35 heavy (non-hydrogen) atoms. The Bertz CT molecular complexity index is 1450. The molecule has 1 aliphatic rings. The standard InChI is InChI=1S/C24H23F2N5O4/c1-27-23(32)14-7-16(25)21(17(26)8-14)22-18(10-15-11-30(24(33)34)5-6-35-15)31-12-19-13(3-4-29(19)2)9-20(31)28-22/h3-4,7-9,12,15H,5-6,10-11H2,1-2H3,(H,27,32)(H,33,34). The minimum Gasteiger partial charge on any atom is -0.465 e. The predicted molar refractivity (Wildman–Crippen MR) is 123 cm³/mol. The van der Waals surface area contributed by atoms with Gasteiger partial charge in [0.15, 0.2) is 0 Å². The third kappa shape index (κ3) is 3.97. The molecule has 1 atom stereocenters. The number of hydrogen-bond donors (Lipinski definition) is 2. The van der Waals surface area contributed by atoms with Gasteiger partial charge in [0.05, 0.1) is 41.7 Å². The molecule has 2 N–H and O–H groups in total. The molecule has 2 amide bonds. The third-order valence-electron chi connectivity index (χ3n) is 6.33. The Balaban J connectivity index is 1.68. The molecule has 1 fully saturated rings. The third-order valence-corrected chi connectivity index (χ3v) is 6.33. The molecule has 1 saturated heterocycles. The largest absolute Gasteiger partial charge is 0.465 e. The van der Waals surface area contributed by atoms with Crippen molar-refractivity contribution >= 4 is 28.6 Å². The Morgan fingerprint density at radius 2 is 2.00 bits per heavy atom. The number of halogens is 2. The van der Waals surface area contributed by atoms with Crippen LogP contribution < -0.4 is 5.32 Å². The maximum atomic E-state index is 15.2. The van der Waals surface area contributed by atoms with Gasteiger partial charge in [0, 0.05) is 50.4 Å². The Labute approximate surface area is 198 Å². The van der Waals surface area contributed by atoms with Crippen LogP contribution in [0.25, 0.3) is 27.8 Å². The van der Waals surface area contributed by atoms with Gasteiger partial charge in [-0.05, 0) is 24.3 Å². The van der Waals surface area contributed by atoms with Crippen LogP contribution >= 0.6 is 0 Å². The van der Waals surface area contributed by atoms with Gasteiger partial charge in [-0.15, -0.1) is 0 Å². The molecular weight excluding hydrogens is 460 g/mol. The number of hydrogen-bond acceptors (Lipinski definition) is 4. The van der Waals surface area contributed by atoms with Gasteiger partial charge in [0.25, 0.3) is 5.91 Å². The Morgan fingerprint density at radius 1 is 1.26 bits per heavy atom. The Morgan fingerprint density at radius 3 is 2.69 bits per heavy atom. The van der Waals surface area contributed by atoms with Crippen molar-refractivity contribution in [1.29, 1.82) is 0 Å². The summed E-state index contributed by atoms with van der Waals surface area (Å²) < 4.78 is 40.0. The van der Waals surface area contributed by atoms with Crippen molar-refractivity contribution < 1.29 is 28.2 Å². The molecule has 0 spiro atoms.